The molecule has 2 N–H and O–H groups in total. The van der Waals surface area contributed by atoms with Crippen molar-refractivity contribution in [1.29, 1.82) is 0 Å². The maximum absolute atomic E-state index is 12.0. The van der Waals surface area contributed by atoms with Crippen molar-refractivity contribution in [3.63, 3.8) is 0 Å². The Hall–Kier alpha value is -2.48. The lowest BCUT2D eigenvalue weighted by molar-refractivity contribution is -0.134. The molecule has 0 unspecified atom stereocenters. The van der Waals surface area contributed by atoms with Crippen molar-refractivity contribution in [2.24, 2.45) is 0 Å². The first kappa shape index (κ1) is 18.9. The van der Waals surface area contributed by atoms with E-state index in [-0.39, 0.29) is 23.8 Å². The SMILES string of the molecule is Cc1ccnc(C(=O)NCCCCC(=O)Oc2cccnc2Br)c1O. The molecule has 0 aliphatic carbocycles. The van der Waals surface area contributed by atoms with Gasteiger partial charge in [0.2, 0.25) is 0 Å². The maximum atomic E-state index is 12.0. The van der Waals surface area contributed by atoms with Gasteiger partial charge in [0.1, 0.15) is 10.4 Å². The Morgan fingerprint density at radius 2 is 2.04 bits per heavy atom. The van der Waals surface area contributed by atoms with E-state index >= 15 is 0 Å². The lowest BCUT2D eigenvalue weighted by Gasteiger charge is -2.08. The number of amides is 1. The lowest BCUT2D eigenvalue weighted by atomic mass is 10.2. The fourth-order valence-corrected chi connectivity index (χ4v) is 2.35. The summed E-state index contributed by atoms with van der Waals surface area (Å²) in [5.41, 5.74) is 0.588. The number of nitrogens with zero attached hydrogens (tertiary/aromatic N) is 2. The van der Waals surface area contributed by atoms with Crippen molar-refractivity contribution >= 4 is 27.8 Å². The number of unbranched alkanes of at least 4 members (excludes halogenated alkanes) is 1. The minimum absolute atomic E-state index is 0.000775. The molecule has 25 heavy (non-hydrogen) atoms. The van der Waals surface area contributed by atoms with Crippen LogP contribution in [-0.4, -0.2) is 33.5 Å². The van der Waals surface area contributed by atoms with Crippen molar-refractivity contribution in [2.45, 2.75) is 26.2 Å². The number of carbonyl (C=O) groups excluding carboxylic acids is 2. The standard InChI is InChI=1S/C17H18BrN3O4/c1-11-7-10-19-14(15(11)23)17(24)21-8-3-2-6-13(22)25-12-5-4-9-20-16(12)18/h4-5,7,9-10,23H,2-3,6,8H2,1H3,(H,21,24). The van der Waals surface area contributed by atoms with Crippen LogP contribution >= 0.6 is 15.9 Å². The van der Waals surface area contributed by atoms with Gasteiger partial charge in [-0.1, -0.05) is 0 Å². The van der Waals surface area contributed by atoms with Crippen LogP contribution in [0.1, 0.15) is 35.3 Å². The van der Waals surface area contributed by atoms with Crippen LogP contribution in [0.3, 0.4) is 0 Å². The van der Waals surface area contributed by atoms with E-state index in [1.165, 1.54) is 6.20 Å². The Bertz CT molecular complexity index is 767. The highest BCUT2D eigenvalue weighted by Crippen LogP contribution is 2.21. The zero-order chi connectivity index (χ0) is 18.2. The molecule has 2 aromatic heterocycles. The maximum Gasteiger partial charge on any atom is 0.311 e. The third-order valence-corrected chi connectivity index (χ3v) is 3.98. The van der Waals surface area contributed by atoms with Crippen LogP contribution in [0.15, 0.2) is 35.2 Å². The third kappa shape index (κ3) is 5.53. The number of rotatable bonds is 7. The molecule has 0 radical (unpaired) electrons. The van der Waals surface area contributed by atoms with E-state index in [4.69, 9.17) is 4.74 Å². The number of aromatic nitrogens is 2. The second-order valence-electron chi connectivity index (χ2n) is 5.30. The van der Waals surface area contributed by atoms with E-state index in [9.17, 15) is 14.7 Å². The average molecular weight is 408 g/mol. The predicted octanol–water partition coefficient (Wildman–Crippen LogP) is 2.76. The number of pyridine rings is 2. The van der Waals surface area contributed by atoms with Gasteiger partial charge in [-0.3, -0.25) is 9.59 Å². The van der Waals surface area contributed by atoms with E-state index < -0.39 is 5.91 Å². The highest BCUT2D eigenvalue weighted by atomic mass is 79.9. The summed E-state index contributed by atoms with van der Waals surface area (Å²) in [5.74, 6) is -0.548. The van der Waals surface area contributed by atoms with E-state index in [1.807, 2.05) is 0 Å². The minimum Gasteiger partial charge on any atom is -0.505 e. The van der Waals surface area contributed by atoms with Crippen molar-refractivity contribution in [3.05, 3.63) is 46.5 Å². The van der Waals surface area contributed by atoms with Gasteiger partial charge in [0.05, 0.1) is 0 Å². The Morgan fingerprint density at radius 3 is 2.80 bits per heavy atom. The van der Waals surface area contributed by atoms with E-state index in [2.05, 4.69) is 31.2 Å². The third-order valence-electron chi connectivity index (χ3n) is 3.38. The summed E-state index contributed by atoms with van der Waals surface area (Å²) in [7, 11) is 0. The predicted molar refractivity (Wildman–Crippen MR) is 94.4 cm³/mol. The monoisotopic (exact) mass is 407 g/mol. The van der Waals surface area contributed by atoms with Crippen molar-refractivity contribution in [2.75, 3.05) is 6.54 Å². The molecule has 0 aromatic carbocycles. The molecule has 2 heterocycles. The molecule has 8 heteroatoms. The van der Waals surface area contributed by atoms with Crippen LogP contribution in [-0.2, 0) is 4.79 Å². The second kappa shape index (κ2) is 9.12. The summed E-state index contributed by atoms with van der Waals surface area (Å²) < 4.78 is 5.67. The molecular formula is C17H18BrN3O4. The fourth-order valence-electron chi connectivity index (χ4n) is 2.02. The average Bonchev–Trinajstić information content (AvgIpc) is 2.59. The van der Waals surface area contributed by atoms with Gasteiger partial charge in [-0.15, -0.1) is 0 Å². The number of ether oxygens (including phenoxy) is 1. The Labute approximate surface area is 153 Å². The van der Waals surface area contributed by atoms with Crippen LogP contribution in [0, 0.1) is 6.92 Å². The van der Waals surface area contributed by atoms with E-state index in [0.29, 0.717) is 35.3 Å². The van der Waals surface area contributed by atoms with Gasteiger partial charge < -0.3 is 15.2 Å². The second-order valence-corrected chi connectivity index (χ2v) is 6.06. The Kier molecular flexibility index (Phi) is 6.88. The van der Waals surface area contributed by atoms with Crippen LogP contribution in [0.25, 0.3) is 0 Å². The molecular weight excluding hydrogens is 390 g/mol. The van der Waals surface area contributed by atoms with Crippen LogP contribution in [0.5, 0.6) is 11.5 Å². The van der Waals surface area contributed by atoms with Crippen LogP contribution < -0.4 is 10.1 Å². The largest absolute Gasteiger partial charge is 0.505 e. The molecule has 0 saturated carbocycles. The van der Waals surface area contributed by atoms with Crippen LogP contribution in [0.2, 0.25) is 0 Å². The summed E-state index contributed by atoms with van der Waals surface area (Å²) in [6, 6.07) is 4.95. The van der Waals surface area contributed by atoms with Gasteiger partial charge in [0, 0.05) is 25.4 Å². The molecule has 0 atom stereocenters. The smallest absolute Gasteiger partial charge is 0.311 e. The molecule has 1 amide bonds. The molecule has 0 fully saturated rings. The number of aryl methyl sites for hydroxylation is 1. The number of hydrogen-bond donors (Lipinski definition) is 2. The number of aromatic hydroxyl groups is 1. The number of carbonyl (C=O) groups is 2. The van der Waals surface area contributed by atoms with Gasteiger partial charge in [-0.25, -0.2) is 9.97 Å². The first-order valence-corrected chi connectivity index (χ1v) is 8.52. The highest BCUT2D eigenvalue weighted by Gasteiger charge is 2.14. The summed E-state index contributed by atoms with van der Waals surface area (Å²) in [6.07, 6.45) is 4.44. The van der Waals surface area contributed by atoms with Gasteiger partial charge in [-0.05, 0) is 59.5 Å². The first-order valence-electron chi connectivity index (χ1n) is 7.73. The molecule has 0 saturated heterocycles. The normalized spacial score (nSPS) is 10.3. The summed E-state index contributed by atoms with van der Waals surface area (Å²) in [6.45, 7) is 2.07. The van der Waals surface area contributed by atoms with Gasteiger partial charge in [0.15, 0.2) is 11.4 Å². The zero-order valence-electron chi connectivity index (χ0n) is 13.7. The molecule has 132 valence electrons. The number of hydrogen-bond acceptors (Lipinski definition) is 6. The molecule has 2 rings (SSSR count). The zero-order valence-corrected chi connectivity index (χ0v) is 15.2. The van der Waals surface area contributed by atoms with Crippen molar-refractivity contribution in [1.82, 2.24) is 15.3 Å². The topological polar surface area (TPSA) is 101 Å². The van der Waals surface area contributed by atoms with E-state index in [0.717, 1.165) is 0 Å². The Morgan fingerprint density at radius 1 is 1.24 bits per heavy atom. The molecule has 0 bridgehead atoms. The lowest BCUT2D eigenvalue weighted by Crippen LogP contribution is -2.25. The molecule has 0 aliphatic heterocycles. The minimum atomic E-state index is -0.442. The highest BCUT2D eigenvalue weighted by molar-refractivity contribution is 9.10. The van der Waals surface area contributed by atoms with E-state index in [1.54, 1.807) is 31.3 Å². The number of esters is 1. The molecule has 0 spiro atoms. The summed E-state index contributed by atoms with van der Waals surface area (Å²) >= 11 is 3.20. The molecule has 2 aromatic rings. The van der Waals surface area contributed by atoms with Crippen molar-refractivity contribution in [3.8, 4) is 11.5 Å². The van der Waals surface area contributed by atoms with Crippen molar-refractivity contribution < 1.29 is 19.4 Å². The summed E-state index contributed by atoms with van der Waals surface area (Å²) in [4.78, 5) is 31.6. The molecule has 0 aliphatic rings. The van der Waals surface area contributed by atoms with Crippen LogP contribution in [0.4, 0.5) is 0 Å². The summed E-state index contributed by atoms with van der Waals surface area (Å²) in [5, 5.41) is 12.5. The Balaban J connectivity index is 1.69. The number of nitrogens with one attached hydrogen (secondary N) is 1. The fraction of sp³-hybridized carbons (Fsp3) is 0.294. The van der Waals surface area contributed by atoms with Gasteiger partial charge in [0.25, 0.3) is 5.91 Å². The van der Waals surface area contributed by atoms with Gasteiger partial charge >= 0.3 is 5.97 Å². The van der Waals surface area contributed by atoms with Gasteiger partial charge in [-0.2, -0.15) is 0 Å². The molecule has 7 nitrogen and oxygen atoms in total. The first-order chi connectivity index (χ1) is 12.0. The quantitative estimate of drug-likeness (QED) is 0.415. The number of halogens is 1.